The van der Waals surface area contributed by atoms with E-state index in [1.807, 2.05) is 0 Å². The molecule has 3 aromatic heterocycles. The maximum absolute atomic E-state index is 15.1. The molecule has 3 fully saturated rings. The summed E-state index contributed by atoms with van der Waals surface area (Å²) in [5, 5.41) is 10.7. The van der Waals surface area contributed by atoms with Crippen molar-refractivity contribution in [2.45, 2.75) is 120 Å². The molecule has 4 aromatic rings. The zero-order valence-electron chi connectivity index (χ0n) is 43.3. The molecule has 7 heterocycles. The second-order valence-corrected chi connectivity index (χ2v) is 24.8. The number of aromatic nitrogens is 6. The molecule has 10 atom stereocenters. The number of benzene rings is 1. The summed E-state index contributed by atoms with van der Waals surface area (Å²) in [4.78, 5) is 127. The average molecular weight is 1170 g/mol. The fourth-order valence-electron chi connectivity index (χ4n) is 9.08. The summed E-state index contributed by atoms with van der Waals surface area (Å²) in [7, 11) is -4.89. The number of amides is 7. The normalized spacial score (nSPS) is 25.8. The van der Waals surface area contributed by atoms with Crippen LogP contribution in [0.15, 0.2) is 70.9 Å². The molecule has 4 aliphatic heterocycles. The van der Waals surface area contributed by atoms with Crippen molar-refractivity contribution in [1.82, 2.24) is 49.9 Å². The number of hydrogen-bond donors (Lipinski definition) is 8. The molecule has 4 aliphatic rings. The number of unbranched alkanes of at least 4 members (excludes halogenated alkanes) is 2. The zero-order chi connectivity index (χ0) is 57.3. The Morgan fingerprint density at radius 2 is 1.52 bits per heavy atom. The molecule has 30 nitrogen and oxygen atoms in total. The SMILES string of the molecule is CC(C)C(NC(=O)CCCCCN1C(=O)C=CC1=O)C(=O)NC(CCCNC(N)=O)C(=O)Nc1ccc(CSP2(=O)OC[C@H]3O[C@@H](n4cnc5c(N)ncnc54)C[C@@H]3OP(=O)(O)OC[C@H]3O[C@@H](n4ccc(=O)[nH]c4=O)C[C@@H]3O2)cc1. The number of nitrogens with zero attached hydrogens (tertiary/aromatic N) is 6. The van der Waals surface area contributed by atoms with Crippen molar-refractivity contribution >= 4 is 84.2 Å². The molecule has 80 heavy (non-hydrogen) atoms. The van der Waals surface area contributed by atoms with Crippen LogP contribution in [-0.4, -0.2) is 137 Å². The third kappa shape index (κ3) is 15.4. The number of phosphoric acid groups is 1. The van der Waals surface area contributed by atoms with Gasteiger partial charge in [0.15, 0.2) is 11.5 Å². The number of aromatic amines is 1. The van der Waals surface area contributed by atoms with Crippen LogP contribution in [0.4, 0.5) is 16.3 Å². The lowest BCUT2D eigenvalue weighted by Crippen LogP contribution is -2.54. The Hall–Kier alpha value is -6.66. The third-order valence-corrected chi connectivity index (χ3v) is 17.9. The summed E-state index contributed by atoms with van der Waals surface area (Å²) in [5.41, 5.74) is 11.2. The maximum atomic E-state index is 15.1. The Morgan fingerprint density at radius 3 is 2.21 bits per heavy atom. The van der Waals surface area contributed by atoms with Crippen LogP contribution in [0.5, 0.6) is 0 Å². The first-order valence-electron chi connectivity index (χ1n) is 25.5. The van der Waals surface area contributed by atoms with Crippen LogP contribution in [0, 0.1) is 5.92 Å². The zero-order valence-corrected chi connectivity index (χ0v) is 45.9. The van der Waals surface area contributed by atoms with Crippen molar-refractivity contribution in [2.24, 2.45) is 11.7 Å². The van der Waals surface area contributed by atoms with Crippen molar-refractivity contribution in [3.05, 3.63) is 87.7 Å². The van der Waals surface area contributed by atoms with Gasteiger partial charge in [-0.2, -0.15) is 0 Å². The van der Waals surface area contributed by atoms with Crippen LogP contribution in [-0.2, 0) is 66.4 Å². The number of H-pyrrole nitrogens is 1. The standard InChI is InChI=1S/C47H61N13O17P2S/c1-26(2)40(56-34(61)8-4-3-5-17-58-36(63)13-14-37(58)64)45(66)55-29(7-6-16-50-46(49)67)44(65)54-28-11-9-27(10-12-28)23-80-79(71)73-22-33-30(19-39(75-33)60-25-53-41-42(48)51-24-52-43(41)60)76-78(69,70)72-21-32-31(77-79)20-38(74-32)59-18-15-35(62)57-47(59)68/h9-15,18,24-26,29-33,38-40H,3-8,16-17,19-23H2,1-2H3,(H,54,65)(H,55,66)(H,56,61)(H,69,70)(H2,48,51,52)(H3,49,50,67)(H,57,62,68)/t29?,30-,31-,32+,33+,38+,39+,40?,79?/m0/s1. The van der Waals surface area contributed by atoms with Crippen LogP contribution >= 0.6 is 26.0 Å². The Labute approximate surface area is 459 Å². The van der Waals surface area contributed by atoms with E-state index in [9.17, 15) is 47.8 Å². The Bertz CT molecular complexity index is 3180. The van der Waals surface area contributed by atoms with Gasteiger partial charge in [0.05, 0.1) is 19.5 Å². The molecule has 3 saturated heterocycles. The van der Waals surface area contributed by atoms with Gasteiger partial charge < -0.3 is 47.1 Å². The van der Waals surface area contributed by atoms with E-state index in [1.165, 1.54) is 35.6 Å². The molecule has 0 radical (unpaired) electrons. The molecular formula is C47H61N13O17P2S. The van der Waals surface area contributed by atoms with Crippen LogP contribution in [0.25, 0.3) is 11.2 Å². The molecule has 10 N–H and O–H groups in total. The second-order valence-electron chi connectivity index (χ2n) is 19.3. The van der Waals surface area contributed by atoms with Crippen LogP contribution in [0.3, 0.4) is 0 Å². The first kappa shape index (κ1) is 59.5. The largest absolute Gasteiger partial charge is 0.472 e. The minimum absolute atomic E-state index is 0.0165. The topological polar surface area (TPSA) is 414 Å². The first-order valence-corrected chi connectivity index (χ1v) is 30.1. The van der Waals surface area contributed by atoms with Gasteiger partial charge in [-0.15, -0.1) is 0 Å². The smallest absolute Gasteiger partial charge is 0.382 e. The average Bonchev–Trinajstić information content (AvgIpc) is 4.30. The van der Waals surface area contributed by atoms with Crippen molar-refractivity contribution in [1.29, 1.82) is 0 Å². The lowest BCUT2D eigenvalue weighted by atomic mass is 10.0. The number of urea groups is 1. The second kappa shape index (κ2) is 26.3. The van der Waals surface area contributed by atoms with E-state index in [4.69, 9.17) is 39.0 Å². The van der Waals surface area contributed by atoms with Gasteiger partial charge in [-0.25, -0.2) is 33.7 Å². The summed E-state index contributed by atoms with van der Waals surface area (Å²) in [6, 6.07) is 4.56. The molecule has 4 unspecified atom stereocenters. The summed E-state index contributed by atoms with van der Waals surface area (Å²) in [5.74, 6) is -2.72. The number of anilines is 2. The highest BCUT2D eigenvalue weighted by atomic mass is 32.7. The number of carbonyl (C=O) groups excluding carboxylic acids is 6. The van der Waals surface area contributed by atoms with Crippen molar-refractivity contribution in [3.63, 3.8) is 0 Å². The van der Waals surface area contributed by atoms with Crippen molar-refractivity contribution in [3.8, 4) is 0 Å². The predicted octanol–water partition coefficient (Wildman–Crippen LogP) is 1.99. The minimum atomic E-state index is -4.89. The van der Waals surface area contributed by atoms with E-state index in [0.717, 1.165) is 26.9 Å². The number of carbonyl (C=O) groups is 6. The summed E-state index contributed by atoms with van der Waals surface area (Å²) >= 11 is 0.778. The van der Waals surface area contributed by atoms with Crippen LogP contribution < -0.4 is 44.0 Å². The number of primary amides is 1. The van der Waals surface area contributed by atoms with E-state index in [1.54, 1.807) is 38.1 Å². The number of fused-ring (bicyclic) bond motifs is 3. The number of phosphoric ester groups is 1. The lowest BCUT2D eigenvalue weighted by Gasteiger charge is -2.28. The van der Waals surface area contributed by atoms with E-state index < -0.39 is 118 Å². The Morgan fingerprint density at radius 1 is 0.838 bits per heavy atom. The molecule has 0 saturated carbocycles. The van der Waals surface area contributed by atoms with Crippen molar-refractivity contribution in [2.75, 3.05) is 37.4 Å². The fourth-order valence-corrected chi connectivity index (χ4v) is 13.5. The van der Waals surface area contributed by atoms with E-state index in [2.05, 4.69) is 41.2 Å². The highest BCUT2D eigenvalue weighted by Crippen LogP contribution is 2.64. The van der Waals surface area contributed by atoms with Crippen LogP contribution in [0.2, 0.25) is 0 Å². The molecule has 0 bridgehead atoms. The maximum Gasteiger partial charge on any atom is 0.472 e. The Kier molecular flexibility index (Phi) is 19.5. The number of ether oxygens (including phenoxy) is 2. The molecule has 0 aliphatic carbocycles. The molecule has 8 rings (SSSR count). The monoisotopic (exact) mass is 1170 g/mol. The van der Waals surface area contributed by atoms with E-state index >= 15 is 4.57 Å². The lowest BCUT2D eigenvalue weighted by molar-refractivity contribution is -0.137. The molecule has 33 heteroatoms. The Balaban J connectivity index is 0.933. The molecule has 7 amide bonds. The van der Waals surface area contributed by atoms with Gasteiger partial charge in [0.2, 0.25) is 17.7 Å². The number of hydrogen-bond acceptors (Lipinski definition) is 21. The number of imide groups is 1. The number of imidazole rings is 1. The third-order valence-electron chi connectivity index (χ3n) is 13.2. The quantitative estimate of drug-likeness (QED) is 0.0336. The number of nitrogens with two attached hydrogens (primary N) is 2. The number of nitrogens with one attached hydrogen (secondary N) is 5. The van der Waals surface area contributed by atoms with Crippen molar-refractivity contribution < 1.29 is 70.4 Å². The highest BCUT2D eigenvalue weighted by molar-refractivity contribution is 8.54. The molecule has 432 valence electrons. The van der Waals surface area contributed by atoms with Gasteiger partial charge in [0.25, 0.3) is 17.4 Å². The van der Waals surface area contributed by atoms with E-state index in [0.29, 0.717) is 36.2 Å². The van der Waals surface area contributed by atoms with Gasteiger partial charge in [-0.3, -0.25) is 65.9 Å². The number of rotatable bonds is 21. The van der Waals surface area contributed by atoms with E-state index in [-0.39, 0.29) is 74.1 Å². The highest BCUT2D eigenvalue weighted by Gasteiger charge is 2.48. The molecule has 1 aromatic carbocycles. The summed E-state index contributed by atoms with van der Waals surface area (Å²) in [6.45, 7) is -1.72. The molecule has 0 spiro atoms. The molecular weight excluding hydrogens is 1110 g/mol. The van der Waals surface area contributed by atoms with Gasteiger partial charge in [-0.05, 0) is 60.7 Å². The van der Waals surface area contributed by atoms with Gasteiger partial charge >= 0.3 is 26.3 Å². The minimum Gasteiger partial charge on any atom is -0.382 e. The fraction of sp³-hybridized carbons (Fsp3) is 0.511. The predicted molar refractivity (Wildman–Crippen MR) is 283 cm³/mol. The van der Waals surface area contributed by atoms with Gasteiger partial charge in [0.1, 0.15) is 60.8 Å². The van der Waals surface area contributed by atoms with Crippen LogP contribution in [0.1, 0.15) is 83.2 Å². The van der Waals surface area contributed by atoms with Gasteiger partial charge in [-0.1, -0.05) is 32.4 Å². The summed E-state index contributed by atoms with van der Waals surface area (Å²) < 4.78 is 67.0. The van der Waals surface area contributed by atoms with Gasteiger partial charge in [0, 0.05) is 68.2 Å². The summed E-state index contributed by atoms with van der Waals surface area (Å²) in [6.07, 6.45) is 1.05. The first-order chi connectivity index (χ1) is 38.1. The number of nitrogen functional groups attached to an aromatic ring is 1.